The van der Waals surface area contributed by atoms with Gasteiger partial charge in [0.2, 0.25) is 0 Å². The maximum Gasteiger partial charge on any atom is 0.129 e. The van der Waals surface area contributed by atoms with Crippen LogP contribution in [0.3, 0.4) is 0 Å². The molecule has 1 unspecified atom stereocenters. The molecule has 2 N–H and O–H groups in total. The van der Waals surface area contributed by atoms with Crippen LogP contribution in [0.1, 0.15) is 23.9 Å². The van der Waals surface area contributed by atoms with Crippen LogP contribution in [0.4, 0.5) is 5.82 Å². The van der Waals surface area contributed by atoms with Crippen molar-refractivity contribution < 1.29 is 4.74 Å². The van der Waals surface area contributed by atoms with E-state index < -0.39 is 0 Å². The third-order valence-electron chi connectivity index (χ3n) is 3.81. The molecular weight excluding hydrogens is 280 g/mol. The minimum absolute atomic E-state index is 0.408. The zero-order valence-corrected chi connectivity index (χ0v) is 12.8. The van der Waals surface area contributed by atoms with Crippen LogP contribution < -0.4 is 5.32 Å². The predicted octanol–water partition coefficient (Wildman–Crippen LogP) is 1.25. The van der Waals surface area contributed by atoms with E-state index in [1.165, 1.54) is 0 Å². The molecule has 0 radical (unpaired) electrons. The van der Waals surface area contributed by atoms with E-state index in [2.05, 4.69) is 37.2 Å². The minimum Gasteiger partial charge on any atom is -0.381 e. The molecule has 2 aromatic heterocycles. The van der Waals surface area contributed by atoms with Gasteiger partial charge in [-0.15, -0.1) is 0 Å². The molecule has 3 heterocycles. The van der Waals surface area contributed by atoms with Gasteiger partial charge in [0.25, 0.3) is 0 Å². The van der Waals surface area contributed by atoms with E-state index >= 15 is 0 Å². The van der Waals surface area contributed by atoms with Gasteiger partial charge in [0, 0.05) is 44.1 Å². The molecular formula is C15H22N6O. The third kappa shape index (κ3) is 4.02. The highest BCUT2D eigenvalue weighted by molar-refractivity contribution is 5.35. The fourth-order valence-electron chi connectivity index (χ4n) is 2.55. The summed E-state index contributed by atoms with van der Waals surface area (Å²) in [5.74, 6) is 2.27. The van der Waals surface area contributed by atoms with Gasteiger partial charge in [-0.2, -0.15) is 0 Å². The van der Waals surface area contributed by atoms with E-state index in [1.54, 1.807) is 12.5 Å². The average Bonchev–Trinajstić information content (AvgIpc) is 3.21. The number of H-pyrrole nitrogens is 1. The lowest BCUT2D eigenvalue weighted by Crippen LogP contribution is -2.25. The van der Waals surface area contributed by atoms with E-state index in [0.717, 1.165) is 56.6 Å². The zero-order valence-electron chi connectivity index (χ0n) is 12.8. The third-order valence-corrected chi connectivity index (χ3v) is 3.81. The summed E-state index contributed by atoms with van der Waals surface area (Å²) < 4.78 is 5.42. The Morgan fingerprint density at radius 2 is 2.36 bits per heavy atom. The summed E-state index contributed by atoms with van der Waals surface area (Å²) in [6.07, 6.45) is 6.29. The Hall–Kier alpha value is -1.99. The number of likely N-dealkylation sites (N-methyl/N-ethyl adjacent to an activating group) is 1. The van der Waals surface area contributed by atoms with Gasteiger partial charge in [-0.05, 0) is 13.5 Å². The van der Waals surface area contributed by atoms with Crippen LogP contribution in [0.15, 0.2) is 24.8 Å². The summed E-state index contributed by atoms with van der Waals surface area (Å²) >= 11 is 0. The van der Waals surface area contributed by atoms with Gasteiger partial charge < -0.3 is 15.0 Å². The van der Waals surface area contributed by atoms with Crippen molar-refractivity contribution in [2.24, 2.45) is 0 Å². The Morgan fingerprint density at radius 1 is 1.41 bits per heavy atom. The van der Waals surface area contributed by atoms with Gasteiger partial charge in [-0.3, -0.25) is 4.90 Å². The molecule has 118 valence electrons. The first-order chi connectivity index (χ1) is 10.8. The average molecular weight is 302 g/mol. The van der Waals surface area contributed by atoms with Gasteiger partial charge >= 0.3 is 0 Å². The molecule has 0 spiro atoms. The highest BCUT2D eigenvalue weighted by atomic mass is 16.5. The summed E-state index contributed by atoms with van der Waals surface area (Å²) in [4.78, 5) is 18.2. The SMILES string of the molecule is CN(CCNc1cc(C2CCOC2)ncn1)Cc1ncc[nH]1. The molecule has 0 amide bonds. The quantitative estimate of drug-likeness (QED) is 0.801. The van der Waals surface area contributed by atoms with Crippen molar-refractivity contribution in [3.63, 3.8) is 0 Å². The molecule has 1 atom stereocenters. The molecule has 3 rings (SSSR count). The number of rotatable bonds is 7. The summed E-state index contributed by atoms with van der Waals surface area (Å²) in [5, 5.41) is 3.35. The van der Waals surface area contributed by atoms with Crippen LogP contribution in [-0.2, 0) is 11.3 Å². The number of aromatic nitrogens is 4. The van der Waals surface area contributed by atoms with Gasteiger partial charge in [-0.1, -0.05) is 0 Å². The van der Waals surface area contributed by atoms with Crippen molar-refractivity contribution >= 4 is 5.82 Å². The van der Waals surface area contributed by atoms with Gasteiger partial charge in [0.05, 0.1) is 18.8 Å². The molecule has 2 aromatic rings. The lowest BCUT2D eigenvalue weighted by molar-refractivity contribution is 0.193. The van der Waals surface area contributed by atoms with Gasteiger partial charge in [0.1, 0.15) is 18.0 Å². The van der Waals surface area contributed by atoms with Crippen LogP contribution in [0, 0.1) is 0 Å². The largest absolute Gasteiger partial charge is 0.381 e. The highest BCUT2D eigenvalue weighted by Gasteiger charge is 2.19. The number of nitrogens with one attached hydrogen (secondary N) is 2. The highest BCUT2D eigenvalue weighted by Crippen LogP contribution is 2.24. The van der Waals surface area contributed by atoms with Crippen molar-refractivity contribution in [2.45, 2.75) is 18.9 Å². The molecule has 22 heavy (non-hydrogen) atoms. The van der Waals surface area contributed by atoms with Crippen molar-refractivity contribution in [3.05, 3.63) is 36.3 Å². The molecule has 7 heteroatoms. The van der Waals surface area contributed by atoms with Crippen molar-refractivity contribution in [1.29, 1.82) is 0 Å². The zero-order chi connectivity index (χ0) is 15.2. The molecule has 0 saturated carbocycles. The van der Waals surface area contributed by atoms with E-state index in [-0.39, 0.29) is 0 Å². The van der Waals surface area contributed by atoms with Gasteiger partial charge in [0.15, 0.2) is 0 Å². The number of anilines is 1. The Morgan fingerprint density at radius 3 is 3.14 bits per heavy atom. The lowest BCUT2D eigenvalue weighted by Gasteiger charge is -2.16. The number of hydrogen-bond acceptors (Lipinski definition) is 6. The summed E-state index contributed by atoms with van der Waals surface area (Å²) in [6, 6.07) is 2.03. The van der Waals surface area contributed by atoms with E-state index in [9.17, 15) is 0 Å². The van der Waals surface area contributed by atoms with Gasteiger partial charge in [-0.25, -0.2) is 15.0 Å². The normalized spacial score (nSPS) is 18.0. The predicted molar refractivity (Wildman–Crippen MR) is 83.6 cm³/mol. The molecule has 1 aliphatic heterocycles. The first kappa shape index (κ1) is 14.9. The molecule has 0 bridgehead atoms. The molecule has 0 aliphatic carbocycles. The first-order valence-corrected chi connectivity index (χ1v) is 7.61. The van der Waals surface area contributed by atoms with Crippen LogP contribution in [0.2, 0.25) is 0 Å². The van der Waals surface area contributed by atoms with Crippen molar-refractivity contribution in [1.82, 2.24) is 24.8 Å². The van der Waals surface area contributed by atoms with Crippen LogP contribution in [0.5, 0.6) is 0 Å². The fourth-order valence-corrected chi connectivity index (χ4v) is 2.55. The second-order valence-corrected chi connectivity index (χ2v) is 5.59. The Balaban J connectivity index is 1.46. The maximum absolute atomic E-state index is 5.42. The maximum atomic E-state index is 5.42. The summed E-state index contributed by atoms with van der Waals surface area (Å²) in [5.41, 5.74) is 1.07. The molecule has 1 fully saturated rings. The lowest BCUT2D eigenvalue weighted by atomic mass is 10.1. The summed E-state index contributed by atoms with van der Waals surface area (Å²) in [7, 11) is 2.07. The molecule has 1 saturated heterocycles. The number of hydrogen-bond donors (Lipinski definition) is 2. The van der Waals surface area contributed by atoms with Crippen molar-refractivity contribution in [3.8, 4) is 0 Å². The Bertz CT molecular complexity index is 567. The van der Waals surface area contributed by atoms with Crippen LogP contribution in [-0.4, -0.2) is 58.2 Å². The number of aromatic amines is 1. The van der Waals surface area contributed by atoms with Crippen LogP contribution >= 0.6 is 0 Å². The van der Waals surface area contributed by atoms with Crippen molar-refractivity contribution in [2.75, 3.05) is 38.7 Å². The standard InChI is InChI=1S/C15H22N6O/c1-21(9-15-16-3-4-17-15)6-5-18-14-8-13(19-11-20-14)12-2-7-22-10-12/h3-4,8,11-12H,2,5-7,9-10H2,1H3,(H,16,17)(H,18,19,20). The van der Waals surface area contributed by atoms with E-state index in [0.29, 0.717) is 5.92 Å². The Labute approximate surface area is 130 Å². The second-order valence-electron chi connectivity index (χ2n) is 5.59. The summed E-state index contributed by atoms with van der Waals surface area (Å²) in [6.45, 7) is 4.14. The molecule has 1 aliphatic rings. The molecule has 0 aromatic carbocycles. The topological polar surface area (TPSA) is 79.0 Å². The first-order valence-electron chi connectivity index (χ1n) is 7.61. The number of nitrogens with zero attached hydrogens (tertiary/aromatic N) is 4. The van der Waals surface area contributed by atoms with E-state index in [1.807, 2.05) is 12.3 Å². The number of imidazole rings is 1. The molecule has 7 nitrogen and oxygen atoms in total. The number of ether oxygens (including phenoxy) is 1. The minimum atomic E-state index is 0.408. The smallest absolute Gasteiger partial charge is 0.129 e. The van der Waals surface area contributed by atoms with E-state index in [4.69, 9.17) is 4.74 Å². The van der Waals surface area contributed by atoms with Crippen LogP contribution in [0.25, 0.3) is 0 Å². The monoisotopic (exact) mass is 302 g/mol. The fraction of sp³-hybridized carbons (Fsp3) is 0.533. The Kier molecular flexibility index (Phi) is 4.97. The second kappa shape index (κ2) is 7.33.